The molecule has 102 valence electrons. The van der Waals surface area contributed by atoms with Crippen molar-refractivity contribution >= 4 is 33.2 Å². The van der Waals surface area contributed by atoms with Gasteiger partial charge in [-0.1, -0.05) is 22.5 Å². The van der Waals surface area contributed by atoms with Gasteiger partial charge in [0.05, 0.1) is 16.1 Å². The summed E-state index contributed by atoms with van der Waals surface area (Å²) in [6.07, 6.45) is 0. The first kappa shape index (κ1) is 15.4. The van der Waals surface area contributed by atoms with Crippen LogP contribution in [0.1, 0.15) is 26.3 Å². The molecule has 1 aromatic rings. The van der Waals surface area contributed by atoms with E-state index in [1.807, 2.05) is 0 Å². The van der Waals surface area contributed by atoms with Crippen molar-refractivity contribution in [1.29, 1.82) is 0 Å². The number of nitrogens with zero attached hydrogens (tertiary/aromatic N) is 1. The molecule has 0 N–H and O–H groups in total. The smallest absolute Gasteiger partial charge is 0.338 e. The Bertz CT molecular complexity index is 546. The summed E-state index contributed by atoms with van der Waals surface area (Å²) in [6.45, 7) is 8.74. The van der Waals surface area contributed by atoms with E-state index in [0.29, 0.717) is 4.47 Å². The normalized spacial score (nSPS) is 10.9. The summed E-state index contributed by atoms with van der Waals surface area (Å²) in [4.78, 5) is 22.3. The molecule has 0 radical (unpaired) electrons. The number of carbonyl (C=O) groups is 1. The molecule has 0 fully saturated rings. The number of halogens is 1. The molecule has 5 nitrogen and oxygen atoms in total. The van der Waals surface area contributed by atoms with E-state index >= 15 is 0 Å². The number of benzene rings is 1. The van der Waals surface area contributed by atoms with E-state index in [-0.39, 0.29) is 16.8 Å². The molecule has 0 unspecified atom stereocenters. The predicted octanol–water partition coefficient (Wildman–Crippen LogP) is 3.71. The predicted molar refractivity (Wildman–Crippen MR) is 75.7 cm³/mol. The van der Waals surface area contributed by atoms with Gasteiger partial charge in [-0.25, -0.2) is 4.79 Å². The Balaban J connectivity index is 3.15. The quantitative estimate of drug-likeness (QED) is 0.367. The van der Waals surface area contributed by atoms with Gasteiger partial charge in [0.25, 0.3) is 5.69 Å². The van der Waals surface area contributed by atoms with E-state index in [1.54, 1.807) is 20.8 Å². The molecule has 0 saturated heterocycles. The molecule has 6 heteroatoms. The van der Waals surface area contributed by atoms with E-state index in [1.165, 1.54) is 18.2 Å². The monoisotopic (exact) mass is 327 g/mol. The highest BCUT2D eigenvalue weighted by Gasteiger charge is 2.25. The van der Waals surface area contributed by atoms with E-state index < -0.39 is 16.5 Å². The molecule has 0 spiro atoms. The number of carbonyl (C=O) groups excluding carboxylic acids is 1. The van der Waals surface area contributed by atoms with Crippen molar-refractivity contribution in [2.24, 2.45) is 0 Å². The summed E-state index contributed by atoms with van der Waals surface area (Å²) in [7, 11) is 0. The molecular formula is C13H14BrNO4. The average molecular weight is 328 g/mol. The summed E-state index contributed by atoms with van der Waals surface area (Å²) in [6, 6.07) is 4.32. The minimum absolute atomic E-state index is 0.0390. The van der Waals surface area contributed by atoms with Crippen LogP contribution in [0.3, 0.4) is 0 Å². The van der Waals surface area contributed by atoms with E-state index in [4.69, 9.17) is 4.74 Å². The summed E-state index contributed by atoms with van der Waals surface area (Å²) in [5, 5.41) is 10.9. The van der Waals surface area contributed by atoms with Crippen molar-refractivity contribution in [3.8, 4) is 0 Å². The van der Waals surface area contributed by atoms with Crippen molar-refractivity contribution in [2.45, 2.75) is 26.4 Å². The van der Waals surface area contributed by atoms with Gasteiger partial charge in [0.2, 0.25) is 0 Å². The Kier molecular flexibility index (Phi) is 4.47. The molecule has 0 atom stereocenters. The highest BCUT2D eigenvalue weighted by Crippen LogP contribution is 2.29. The Morgan fingerprint density at radius 3 is 2.47 bits per heavy atom. The van der Waals surface area contributed by atoms with Crippen LogP contribution in [0, 0.1) is 10.1 Å². The van der Waals surface area contributed by atoms with Gasteiger partial charge in [-0.3, -0.25) is 10.1 Å². The zero-order valence-corrected chi connectivity index (χ0v) is 12.5. The molecule has 0 bridgehead atoms. The van der Waals surface area contributed by atoms with Crippen molar-refractivity contribution in [2.75, 3.05) is 0 Å². The molecule has 0 saturated carbocycles. The van der Waals surface area contributed by atoms with Crippen LogP contribution in [-0.4, -0.2) is 16.5 Å². The first-order valence-electron chi connectivity index (χ1n) is 5.48. The first-order chi connectivity index (χ1) is 8.61. The van der Waals surface area contributed by atoms with E-state index in [0.717, 1.165) is 0 Å². The van der Waals surface area contributed by atoms with Crippen molar-refractivity contribution in [3.63, 3.8) is 0 Å². The number of nitro groups is 1. The topological polar surface area (TPSA) is 69.4 Å². The second-order valence-corrected chi connectivity index (χ2v) is 5.81. The number of hydrogen-bond acceptors (Lipinski definition) is 4. The molecular weight excluding hydrogens is 314 g/mol. The highest BCUT2D eigenvalue weighted by molar-refractivity contribution is 9.10. The number of hydrogen-bond donors (Lipinski definition) is 0. The van der Waals surface area contributed by atoms with Crippen LogP contribution in [0.2, 0.25) is 0 Å². The number of nitro benzene ring substituents is 1. The number of esters is 1. The summed E-state index contributed by atoms with van der Waals surface area (Å²) in [5.74, 6) is -0.672. The maximum absolute atomic E-state index is 11.9. The second-order valence-electron chi connectivity index (χ2n) is 4.90. The van der Waals surface area contributed by atoms with Gasteiger partial charge in [-0.15, -0.1) is 0 Å². The summed E-state index contributed by atoms with van der Waals surface area (Å²) in [5.41, 5.74) is -0.753. The van der Waals surface area contributed by atoms with Gasteiger partial charge in [0, 0.05) is 10.5 Å². The lowest BCUT2D eigenvalue weighted by Crippen LogP contribution is -2.24. The van der Waals surface area contributed by atoms with Gasteiger partial charge >= 0.3 is 5.97 Å². The highest BCUT2D eigenvalue weighted by atomic mass is 79.9. The molecule has 0 aliphatic rings. The van der Waals surface area contributed by atoms with Gasteiger partial charge in [-0.05, 0) is 32.9 Å². The Hall–Kier alpha value is -1.69. The van der Waals surface area contributed by atoms with E-state index in [2.05, 4.69) is 22.5 Å². The maximum atomic E-state index is 11.9. The zero-order valence-electron chi connectivity index (χ0n) is 10.9. The molecule has 0 aliphatic heterocycles. The summed E-state index contributed by atoms with van der Waals surface area (Å²) >= 11 is 3.21. The standard InChI is InChI=1S/C13H14BrNO4/c1-8(12(16)19-13(2,3)4)10-7-9(14)5-6-11(10)15(17)18/h5-7H,1H2,2-4H3. The Morgan fingerprint density at radius 2 is 2.00 bits per heavy atom. The van der Waals surface area contributed by atoms with Crippen LogP contribution in [0.15, 0.2) is 29.3 Å². The summed E-state index contributed by atoms with van der Waals surface area (Å²) < 4.78 is 5.78. The van der Waals surface area contributed by atoms with Crippen LogP contribution in [0.25, 0.3) is 5.57 Å². The lowest BCUT2D eigenvalue weighted by atomic mass is 10.1. The first-order valence-corrected chi connectivity index (χ1v) is 6.27. The molecule has 1 aromatic carbocycles. The Morgan fingerprint density at radius 1 is 1.42 bits per heavy atom. The SMILES string of the molecule is C=C(C(=O)OC(C)(C)C)c1cc(Br)ccc1[N+](=O)[O-]. The number of ether oxygens (including phenoxy) is 1. The third kappa shape index (κ3) is 4.17. The Labute approximate surface area is 119 Å². The van der Waals surface area contributed by atoms with Gasteiger partial charge < -0.3 is 4.74 Å². The second kappa shape index (κ2) is 5.52. The van der Waals surface area contributed by atoms with E-state index in [9.17, 15) is 14.9 Å². The molecule has 0 amide bonds. The van der Waals surface area contributed by atoms with Gasteiger partial charge in [0.15, 0.2) is 0 Å². The zero-order chi connectivity index (χ0) is 14.8. The average Bonchev–Trinajstić information content (AvgIpc) is 2.25. The van der Waals surface area contributed by atoms with Crippen molar-refractivity contribution in [1.82, 2.24) is 0 Å². The molecule has 1 rings (SSSR count). The fourth-order valence-electron chi connectivity index (χ4n) is 1.36. The largest absolute Gasteiger partial charge is 0.456 e. The molecule has 0 aliphatic carbocycles. The lowest BCUT2D eigenvalue weighted by Gasteiger charge is -2.20. The third-order valence-electron chi connectivity index (χ3n) is 2.13. The minimum Gasteiger partial charge on any atom is -0.456 e. The molecule has 0 aromatic heterocycles. The fourth-order valence-corrected chi connectivity index (χ4v) is 1.72. The lowest BCUT2D eigenvalue weighted by molar-refractivity contribution is -0.385. The fraction of sp³-hybridized carbons (Fsp3) is 0.308. The van der Waals surface area contributed by atoms with Gasteiger partial charge in [0.1, 0.15) is 5.60 Å². The third-order valence-corrected chi connectivity index (χ3v) is 2.62. The minimum atomic E-state index is -0.680. The van der Waals surface area contributed by atoms with Crippen molar-refractivity contribution in [3.05, 3.63) is 44.9 Å². The number of rotatable bonds is 3. The van der Waals surface area contributed by atoms with Gasteiger partial charge in [-0.2, -0.15) is 0 Å². The van der Waals surface area contributed by atoms with Crippen LogP contribution in [-0.2, 0) is 9.53 Å². The maximum Gasteiger partial charge on any atom is 0.338 e. The molecule has 0 heterocycles. The molecule has 19 heavy (non-hydrogen) atoms. The van der Waals surface area contributed by atoms with Crippen LogP contribution in [0.5, 0.6) is 0 Å². The van der Waals surface area contributed by atoms with Crippen molar-refractivity contribution < 1.29 is 14.5 Å². The van der Waals surface area contributed by atoms with Crippen LogP contribution in [0.4, 0.5) is 5.69 Å². The van der Waals surface area contributed by atoms with Crippen LogP contribution >= 0.6 is 15.9 Å². The van der Waals surface area contributed by atoms with Crippen LogP contribution < -0.4 is 0 Å².